The van der Waals surface area contributed by atoms with Crippen LogP contribution in [0.4, 0.5) is 23.7 Å². The molecule has 1 amide bonds. The van der Waals surface area contributed by atoms with E-state index in [2.05, 4.69) is 5.32 Å². The minimum absolute atomic E-state index is 0.0444. The van der Waals surface area contributed by atoms with Gasteiger partial charge < -0.3 is 15.8 Å². The lowest BCUT2D eigenvalue weighted by atomic mass is 10.1. The molecule has 0 radical (unpaired) electrons. The highest BCUT2D eigenvalue weighted by molar-refractivity contribution is 5.73. The van der Waals surface area contributed by atoms with Crippen molar-refractivity contribution in [2.75, 3.05) is 5.73 Å². The van der Waals surface area contributed by atoms with Crippen molar-refractivity contribution in [3.63, 3.8) is 0 Å². The van der Waals surface area contributed by atoms with E-state index in [0.717, 1.165) is 12.1 Å². The highest BCUT2D eigenvalue weighted by atomic mass is 19.4. The van der Waals surface area contributed by atoms with E-state index in [4.69, 9.17) is 10.5 Å². The van der Waals surface area contributed by atoms with Gasteiger partial charge in [0.2, 0.25) is 0 Å². The SMILES string of the molecule is CC(C)(C)NC(=O)Oc1cc(C(F)(F)F)ccc1N. The van der Waals surface area contributed by atoms with E-state index in [1.54, 1.807) is 20.8 Å². The zero-order chi connectivity index (χ0) is 14.8. The van der Waals surface area contributed by atoms with Gasteiger partial charge in [0, 0.05) is 5.54 Å². The molecule has 0 spiro atoms. The molecule has 0 atom stereocenters. The first-order valence-corrected chi connectivity index (χ1v) is 5.46. The molecular weight excluding hydrogens is 261 g/mol. The van der Waals surface area contributed by atoms with Crippen LogP contribution in [-0.2, 0) is 6.18 Å². The highest BCUT2D eigenvalue weighted by Crippen LogP contribution is 2.34. The average Bonchev–Trinajstić information content (AvgIpc) is 2.16. The van der Waals surface area contributed by atoms with Gasteiger partial charge in [0.15, 0.2) is 5.75 Å². The topological polar surface area (TPSA) is 64.3 Å². The second-order valence-corrected chi connectivity index (χ2v) is 5.01. The Morgan fingerprint density at radius 2 is 1.84 bits per heavy atom. The average molecular weight is 276 g/mol. The third-order valence-corrected chi connectivity index (χ3v) is 2.02. The van der Waals surface area contributed by atoms with E-state index in [0.29, 0.717) is 6.07 Å². The number of hydrogen-bond donors (Lipinski definition) is 2. The van der Waals surface area contributed by atoms with Gasteiger partial charge in [-0.25, -0.2) is 4.79 Å². The molecule has 0 aliphatic carbocycles. The molecule has 1 aromatic rings. The van der Waals surface area contributed by atoms with Gasteiger partial charge in [-0.3, -0.25) is 0 Å². The molecule has 0 saturated heterocycles. The zero-order valence-corrected chi connectivity index (χ0v) is 10.8. The summed E-state index contributed by atoms with van der Waals surface area (Å²) in [6, 6.07) is 2.56. The lowest BCUT2D eigenvalue weighted by Crippen LogP contribution is -2.42. The maximum atomic E-state index is 12.5. The molecule has 1 aromatic carbocycles. The van der Waals surface area contributed by atoms with Crippen molar-refractivity contribution < 1.29 is 22.7 Å². The number of carbonyl (C=O) groups is 1. The molecule has 7 heteroatoms. The van der Waals surface area contributed by atoms with Crippen LogP contribution in [-0.4, -0.2) is 11.6 Å². The van der Waals surface area contributed by atoms with Gasteiger partial charge in [-0.2, -0.15) is 13.2 Å². The number of nitrogen functional groups attached to an aromatic ring is 1. The predicted octanol–water partition coefficient (Wildman–Crippen LogP) is 3.17. The number of nitrogens with one attached hydrogen (secondary N) is 1. The van der Waals surface area contributed by atoms with Gasteiger partial charge in [0.25, 0.3) is 0 Å². The highest BCUT2D eigenvalue weighted by Gasteiger charge is 2.31. The van der Waals surface area contributed by atoms with Crippen LogP contribution in [0.15, 0.2) is 18.2 Å². The van der Waals surface area contributed by atoms with Crippen molar-refractivity contribution in [2.45, 2.75) is 32.5 Å². The summed E-state index contributed by atoms with van der Waals surface area (Å²) in [6.07, 6.45) is -5.38. The van der Waals surface area contributed by atoms with Crippen LogP contribution in [0.25, 0.3) is 0 Å². The largest absolute Gasteiger partial charge is 0.416 e. The van der Waals surface area contributed by atoms with Crippen molar-refractivity contribution in [3.05, 3.63) is 23.8 Å². The van der Waals surface area contributed by atoms with E-state index < -0.39 is 23.4 Å². The lowest BCUT2D eigenvalue weighted by molar-refractivity contribution is -0.137. The smallest absolute Gasteiger partial charge is 0.408 e. The summed E-state index contributed by atoms with van der Waals surface area (Å²) >= 11 is 0. The van der Waals surface area contributed by atoms with Crippen LogP contribution in [0.2, 0.25) is 0 Å². The number of anilines is 1. The van der Waals surface area contributed by atoms with E-state index in [9.17, 15) is 18.0 Å². The molecule has 0 heterocycles. The molecule has 0 fully saturated rings. The number of rotatable bonds is 1. The van der Waals surface area contributed by atoms with E-state index in [-0.39, 0.29) is 11.4 Å². The molecule has 106 valence electrons. The Labute approximate surface area is 108 Å². The van der Waals surface area contributed by atoms with Gasteiger partial charge in [-0.05, 0) is 39.0 Å². The third-order valence-electron chi connectivity index (χ3n) is 2.02. The van der Waals surface area contributed by atoms with Gasteiger partial charge in [-0.1, -0.05) is 0 Å². The fraction of sp³-hybridized carbons (Fsp3) is 0.417. The Kier molecular flexibility index (Phi) is 3.97. The van der Waals surface area contributed by atoms with Crippen molar-refractivity contribution >= 4 is 11.8 Å². The Hall–Kier alpha value is -1.92. The number of halogens is 3. The van der Waals surface area contributed by atoms with E-state index in [1.165, 1.54) is 0 Å². The Balaban J connectivity index is 2.92. The Bertz CT molecular complexity index is 479. The van der Waals surface area contributed by atoms with Gasteiger partial charge in [0.05, 0.1) is 11.3 Å². The molecule has 1 rings (SSSR count). The first-order valence-electron chi connectivity index (χ1n) is 5.46. The van der Waals surface area contributed by atoms with Crippen molar-refractivity contribution in [1.82, 2.24) is 5.32 Å². The fourth-order valence-corrected chi connectivity index (χ4v) is 1.23. The number of alkyl halides is 3. The zero-order valence-electron chi connectivity index (χ0n) is 10.8. The normalized spacial score (nSPS) is 12.1. The molecule has 0 saturated carbocycles. The molecule has 0 bridgehead atoms. The Morgan fingerprint density at radius 1 is 1.26 bits per heavy atom. The third kappa shape index (κ3) is 4.69. The summed E-state index contributed by atoms with van der Waals surface area (Å²) in [7, 11) is 0. The summed E-state index contributed by atoms with van der Waals surface area (Å²) < 4.78 is 42.3. The molecule has 19 heavy (non-hydrogen) atoms. The summed E-state index contributed by atoms with van der Waals surface area (Å²) in [5, 5.41) is 2.46. The predicted molar refractivity (Wildman–Crippen MR) is 64.8 cm³/mol. The second-order valence-electron chi connectivity index (χ2n) is 5.01. The summed E-state index contributed by atoms with van der Waals surface area (Å²) in [6.45, 7) is 5.14. The van der Waals surface area contributed by atoms with Gasteiger partial charge in [0.1, 0.15) is 0 Å². The van der Waals surface area contributed by atoms with E-state index in [1.807, 2.05) is 0 Å². The van der Waals surface area contributed by atoms with E-state index >= 15 is 0 Å². The van der Waals surface area contributed by atoms with Crippen LogP contribution in [0.3, 0.4) is 0 Å². The Morgan fingerprint density at radius 3 is 2.32 bits per heavy atom. The number of benzene rings is 1. The molecule has 0 aromatic heterocycles. The number of amides is 1. The van der Waals surface area contributed by atoms with Crippen LogP contribution < -0.4 is 15.8 Å². The lowest BCUT2D eigenvalue weighted by Gasteiger charge is -2.20. The van der Waals surface area contributed by atoms with Crippen LogP contribution in [0.1, 0.15) is 26.3 Å². The number of hydrogen-bond acceptors (Lipinski definition) is 3. The molecule has 4 nitrogen and oxygen atoms in total. The second kappa shape index (κ2) is 4.99. The van der Waals surface area contributed by atoms with Crippen molar-refractivity contribution in [1.29, 1.82) is 0 Å². The van der Waals surface area contributed by atoms with Gasteiger partial charge in [-0.15, -0.1) is 0 Å². The first-order chi connectivity index (χ1) is 8.49. The molecular formula is C12H15F3N2O2. The first kappa shape index (κ1) is 15.1. The van der Waals surface area contributed by atoms with Crippen LogP contribution >= 0.6 is 0 Å². The minimum Gasteiger partial charge on any atom is -0.408 e. The van der Waals surface area contributed by atoms with Crippen LogP contribution in [0, 0.1) is 0 Å². The number of nitrogens with two attached hydrogens (primary N) is 1. The van der Waals surface area contributed by atoms with Gasteiger partial charge >= 0.3 is 12.3 Å². The quantitative estimate of drug-likeness (QED) is 0.774. The fourth-order valence-electron chi connectivity index (χ4n) is 1.23. The molecule has 0 aliphatic rings. The maximum absolute atomic E-state index is 12.5. The van der Waals surface area contributed by atoms with Crippen molar-refractivity contribution in [2.24, 2.45) is 0 Å². The maximum Gasteiger partial charge on any atom is 0.416 e. The molecule has 3 N–H and O–H groups in total. The number of ether oxygens (including phenoxy) is 1. The number of carbonyl (C=O) groups excluding carboxylic acids is 1. The van der Waals surface area contributed by atoms with Crippen LogP contribution in [0.5, 0.6) is 5.75 Å². The molecule has 0 unspecified atom stereocenters. The summed E-state index contributed by atoms with van der Waals surface area (Å²) in [5.41, 5.74) is 3.94. The molecule has 0 aliphatic heterocycles. The summed E-state index contributed by atoms with van der Waals surface area (Å²) in [5.74, 6) is -0.323. The summed E-state index contributed by atoms with van der Waals surface area (Å²) in [4.78, 5) is 11.5. The standard InChI is InChI=1S/C12H15F3N2O2/c1-11(2,3)17-10(18)19-9-6-7(12(13,14)15)4-5-8(9)16/h4-6H,16H2,1-3H3,(H,17,18). The monoisotopic (exact) mass is 276 g/mol. The van der Waals surface area contributed by atoms with Crippen molar-refractivity contribution in [3.8, 4) is 5.75 Å². The minimum atomic E-state index is -4.52.